The molecule has 0 radical (unpaired) electrons. The van der Waals surface area contributed by atoms with Crippen molar-refractivity contribution < 1.29 is 5.11 Å². The van der Waals surface area contributed by atoms with Crippen LogP contribution in [0.25, 0.3) is 0 Å². The molecule has 0 aromatic heterocycles. The molecule has 16 heavy (non-hydrogen) atoms. The Morgan fingerprint density at radius 3 is 2.06 bits per heavy atom. The van der Waals surface area contributed by atoms with Gasteiger partial charge in [0, 0.05) is 12.6 Å². The molecule has 0 fully saturated rings. The second-order valence-electron chi connectivity index (χ2n) is 3.72. The van der Waals surface area contributed by atoms with Crippen LogP contribution in [0.5, 0.6) is 5.75 Å². The number of nitrogens with two attached hydrogens (primary N) is 1. The van der Waals surface area contributed by atoms with Crippen LogP contribution in [0.1, 0.15) is 5.56 Å². The number of phenols is 1. The standard InChI is InChI=1S/C11H18N2O.2ClH/c1-13(2)10(8-12)7-9-3-5-11(14)6-4-9;;/h3-6,10,14H,7-8,12H2,1-2H3;2*1H. The highest BCUT2D eigenvalue weighted by atomic mass is 35.5. The molecule has 1 rings (SSSR count). The van der Waals surface area contributed by atoms with Crippen LogP contribution in [0.15, 0.2) is 24.3 Å². The second kappa shape index (κ2) is 8.65. The van der Waals surface area contributed by atoms with Gasteiger partial charge in [-0.05, 0) is 38.2 Å². The van der Waals surface area contributed by atoms with Crippen molar-refractivity contribution in [1.82, 2.24) is 4.90 Å². The molecule has 0 spiro atoms. The molecule has 0 saturated heterocycles. The van der Waals surface area contributed by atoms with E-state index in [9.17, 15) is 0 Å². The summed E-state index contributed by atoms with van der Waals surface area (Å²) >= 11 is 0. The van der Waals surface area contributed by atoms with Crippen molar-refractivity contribution >= 4 is 24.8 Å². The molecule has 0 heterocycles. The lowest BCUT2D eigenvalue weighted by Crippen LogP contribution is -2.36. The molecule has 1 aromatic rings. The molecular weight excluding hydrogens is 247 g/mol. The number of hydrogen-bond donors (Lipinski definition) is 2. The van der Waals surface area contributed by atoms with Gasteiger partial charge in [0.1, 0.15) is 5.75 Å². The number of rotatable bonds is 4. The minimum absolute atomic E-state index is 0. The Bertz CT molecular complexity index is 278. The van der Waals surface area contributed by atoms with Crippen LogP contribution < -0.4 is 5.73 Å². The summed E-state index contributed by atoms with van der Waals surface area (Å²) in [5.41, 5.74) is 6.86. The van der Waals surface area contributed by atoms with E-state index in [-0.39, 0.29) is 24.8 Å². The first-order chi connectivity index (χ1) is 6.63. The fraction of sp³-hybridized carbons (Fsp3) is 0.455. The third kappa shape index (κ3) is 5.56. The molecule has 0 aliphatic rings. The minimum Gasteiger partial charge on any atom is -0.508 e. The predicted molar refractivity (Wildman–Crippen MR) is 72.8 cm³/mol. The van der Waals surface area contributed by atoms with Gasteiger partial charge in [0.05, 0.1) is 0 Å². The maximum absolute atomic E-state index is 9.12. The Morgan fingerprint density at radius 2 is 1.69 bits per heavy atom. The number of likely N-dealkylation sites (N-methyl/N-ethyl adjacent to an activating group) is 1. The van der Waals surface area contributed by atoms with E-state index >= 15 is 0 Å². The molecule has 94 valence electrons. The number of nitrogens with zero attached hydrogens (tertiary/aromatic N) is 1. The van der Waals surface area contributed by atoms with Gasteiger partial charge >= 0.3 is 0 Å². The molecule has 0 saturated carbocycles. The van der Waals surface area contributed by atoms with Gasteiger partial charge in [0.15, 0.2) is 0 Å². The van der Waals surface area contributed by atoms with Gasteiger partial charge in [-0.15, -0.1) is 24.8 Å². The Hall–Kier alpha value is -0.480. The second-order valence-corrected chi connectivity index (χ2v) is 3.72. The lowest BCUT2D eigenvalue weighted by atomic mass is 10.1. The van der Waals surface area contributed by atoms with E-state index in [4.69, 9.17) is 10.8 Å². The average molecular weight is 267 g/mol. The van der Waals surface area contributed by atoms with Crippen molar-refractivity contribution in [2.24, 2.45) is 5.73 Å². The quantitative estimate of drug-likeness (QED) is 0.872. The first kappa shape index (κ1) is 17.9. The van der Waals surface area contributed by atoms with Gasteiger partial charge in [0.2, 0.25) is 0 Å². The van der Waals surface area contributed by atoms with E-state index in [0.29, 0.717) is 18.3 Å². The van der Waals surface area contributed by atoms with Gasteiger partial charge in [0.25, 0.3) is 0 Å². The molecule has 1 aromatic carbocycles. The molecule has 0 aliphatic carbocycles. The van der Waals surface area contributed by atoms with Crippen molar-refractivity contribution in [3.05, 3.63) is 29.8 Å². The maximum atomic E-state index is 9.12. The summed E-state index contributed by atoms with van der Waals surface area (Å²) < 4.78 is 0. The van der Waals surface area contributed by atoms with Crippen molar-refractivity contribution in [3.8, 4) is 5.75 Å². The van der Waals surface area contributed by atoms with Crippen molar-refractivity contribution in [3.63, 3.8) is 0 Å². The molecule has 3 nitrogen and oxygen atoms in total. The van der Waals surface area contributed by atoms with E-state index in [0.717, 1.165) is 6.42 Å². The summed E-state index contributed by atoms with van der Waals surface area (Å²) in [6.45, 7) is 0.647. The fourth-order valence-corrected chi connectivity index (χ4v) is 1.38. The van der Waals surface area contributed by atoms with Crippen LogP contribution in [0, 0.1) is 0 Å². The summed E-state index contributed by atoms with van der Waals surface area (Å²) in [7, 11) is 4.05. The lowest BCUT2D eigenvalue weighted by molar-refractivity contribution is 0.298. The smallest absolute Gasteiger partial charge is 0.115 e. The first-order valence-electron chi connectivity index (χ1n) is 4.78. The summed E-state index contributed by atoms with van der Waals surface area (Å²) in [4.78, 5) is 2.12. The molecule has 1 atom stereocenters. The molecule has 5 heteroatoms. The van der Waals surface area contributed by atoms with Crippen molar-refractivity contribution in [2.45, 2.75) is 12.5 Å². The van der Waals surface area contributed by atoms with E-state index in [2.05, 4.69) is 4.90 Å². The van der Waals surface area contributed by atoms with Crippen molar-refractivity contribution in [2.75, 3.05) is 20.6 Å². The predicted octanol–water partition coefficient (Wildman–Crippen LogP) is 1.67. The van der Waals surface area contributed by atoms with Gasteiger partial charge in [-0.25, -0.2) is 0 Å². The van der Waals surface area contributed by atoms with Crippen LogP contribution in [0.3, 0.4) is 0 Å². The third-order valence-corrected chi connectivity index (χ3v) is 2.41. The number of benzene rings is 1. The Morgan fingerprint density at radius 1 is 1.19 bits per heavy atom. The van der Waals surface area contributed by atoms with Gasteiger partial charge in [-0.2, -0.15) is 0 Å². The van der Waals surface area contributed by atoms with E-state index < -0.39 is 0 Å². The highest BCUT2D eigenvalue weighted by molar-refractivity contribution is 5.85. The monoisotopic (exact) mass is 266 g/mol. The third-order valence-electron chi connectivity index (χ3n) is 2.41. The number of hydrogen-bond acceptors (Lipinski definition) is 3. The highest BCUT2D eigenvalue weighted by Crippen LogP contribution is 2.12. The van der Waals surface area contributed by atoms with E-state index in [1.807, 2.05) is 26.2 Å². The van der Waals surface area contributed by atoms with Crippen LogP contribution in [0.2, 0.25) is 0 Å². The SMILES string of the molecule is CN(C)C(CN)Cc1ccc(O)cc1.Cl.Cl. The summed E-state index contributed by atoms with van der Waals surface area (Å²) in [6, 6.07) is 7.64. The zero-order valence-electron chi connectivity index (χ0n) is 9.59. The lowest BCUT2D eigenvalue weighted by Gasteiger charge is -2.22. The Labute approximate surface area is 109 Å². The molecular formula is C11H20Cl2N2O. The normalized spacial score (nSPS) is 11.5. The van der Waals surface area contributed by atoms with E-state index in [1.165, 1.54) is 5.56 Å². The largest absolute Gasteiger partial charge is 0.508 e. The molecule has 3 N–H and O–H groups in total. The summed E-state index contributed by atoms with van der Waals surface area (Å²) in [5, 5.41) is 9.12. The minimum atomic E-state index is 0. The number of halogens is 2. The summed E-state index contributed by atoms with van der Waals surface area (Å²) in [5.74, 6) is 0.308. The molecule has 1 unspecified atom stereocenters. The van der Waals surface area contributed by atoms with Gasteiger partial charge in [-0.1, -0.05) is 12.1 Å². The first-order valence-corrected chi connectivity index (χ1v) is 4.78. The Kier molecular flexibility index (Phi) is 9.67. The number of aromatic hydroxyl groups is 1. The van der Waals surface area contributed by atoms with Crippen LogP contribution in [-0.4, -0.2) is 36.7 Å². The molecule has 0 aliphatic heterocycles. The fourth-order valence-electron chi connectivity index (χ4n) is 1.38. The highest BCUT2D eigenvalue weighted by Gasteiger charge is 2.09. The summed E-state index contributed by atoms with van der Waals surface area (Å²) in [6.07, 6.45) is 0.920. The van der Waals surface area contributed by atoms with Crippen LogP contribution in [0.4, 0.5) is 0 Å². The van der Waals surface area contributed by atoms with Crippen LogP contribution >= 0.6 is 24.8 Å². The topological polar surface area (TPSA) is 49.5 Å². The number of phenolic OH excluding ortho intramolecular Hbond substituents is 1. The average Bonchev–Trinajstić information content (AvgIpc) is 2.16. The zero-order valence-corrected chi connectivity index (χ0v) is 11.2. The van der Waals surface area contributed by atoms with Gasteiger partial charge < -0.3 is 15.7 Å². The van der Waals surface area contributed by atoms with Crippen molar-refractivity contribution in [1.29, 1.82) is 0 Å². The molecule has 0 bridgehead atoms. The van der Waals surface area contributed by atoms with E-state index in [1.54, 1.807) is 12.1 Å². The Balaban J connectivity index is 0. The maximum Gasteiger partial charge on any atom is 0.115 e. The zero-order chi connectivity index (χ0) is 10.6. The molecule has 0 amide bonds. The van der Waals surface area contributed by atoms with Crippen LogP contribution in [-0.2, 0) is 6.42 Å². The van der Waals surface area contributed by atoms with Gasteiger partial charge in [-0.3, -0.25) is 0 Å².